The number of nitrogens with one attached hydrogen (secondary N) is 2. The molecule has 17 heavy (non-hydrogen) atoms. The lowest BCUT2D eigenvalue weighted by atomic mass is 10.2. The van der Waals surface area contributed by atoms with Crippen molar-refractivity contribution in [3.05, 3.63) is 34.2 Å². The van der Waals surface area contributed by atoms with Gasteiger partial charge in [-0.15, -0.1) is 0 Å². The fourth-order valence-electron chi connectivity index (χ4n) is 1.22. The van der Waals surface area contributed by atoms with Gasteiger partial charge < -0.3 is 20.5 Å². The van der Waals surface area contributed by atoms with Gasteiger partial charge in [0, 0.05) is 19.2 Å². The van der Waals surface area contributed by atoms with Crippen LogP contribution in [0.1, 0.15) is 16.8 Å². The number of amides is 1. The number of aromatic amines is 1. The Morgan fingerprint density at radius 1 is 1.47 bits per heavy atom. The van der Waals surface area contributed by atoms with Crippen LogP contribution in [-0.2, 0) is 4.79 Å². The summed E-state index contributed by atoms with van der Waals surface area (Å²) in [6, 6.07) is 1.52. The molecule has 0 aromatic carbocycles. The Morgan fingerprint density at radius 2 is 2.18 bits per heavy atom. The summed E-state index contributed by atoms with van der Waals surface area (Å²) in [7, 11) is 0. The van der Waals surface area contributed by atoms with Crippen LogP contribution in [0.15, 0.2) is 23.1 Å². The molecule has 4 N–H and O–H groups in total. The average molecular weight is 240 g/mol. The van der Waals surface area contributed by atoms with Crippen molar-refractivity contribution in [2.75, 3.05) is 6.61 Å². The summed E-state index contributed by atoms with van der Waals surface area (Å²) in [5.41, 5.74) is -0.769. The van der Waals surface area contributed by atoms with Gasteiger partial charge in [0.2, 0.25) is 0 Å². The zero-order valence-electron chi connectivity index (χ0n) is 8.84. The second-order valence-corrected chi connectivity index (χ2v) is 3.29. The Balaban J connectivity index is 2.81. The maximum Gasteiger partial charge on any atom is 0.326 e. The van der Waals surface area contributed by atoms with Gasteiger partial charge >= 0.3 is 5.97 Å². The number of aliphatic hydroxyl groups is 1. The number of pyridine rings is 1. The van der Waals surface area contributed by atoms with Crippen molar-refractivity contribution in [2.45, 2.75) is 12.5 Å². The predicted octanol–water partition coefficient (Wildman–Crippen LogP) is -1.06. The van der Waals surface area contributed by atoms with Gasteiger partial charge in [-0.1, -0.05) is 0 Å². The Labute approximate surface area is 96.1 Å². The SMILES string of the molecule is O=C(N[C@H](CCO)C(=O)O)c1ccc[nH]c1=O. The molecule has 1 rings (SSSR count). The summed E-state index contributed by atoms with van der Waals surface area (Å²) in [6.45, 7) is -0.373. The first kappa shape index (κ1) is 12.9. The molecule has 7 nitrogen and oxygen atoms in total. The summed E-state index contributed by atoms with van der Waals surface area (Å²) in [6.07, 6.45) is 1.24. The van der Waals surface area contributed by atoms with Crippen LogP contribution >= 0.6 is 0 Å². The molecule has 1 aromatic rings. The summed E-state index contributed by atoms with van der Waals surface area (Å²) < 4.78 is 0. The molecule has 0 saturated carbocycles. The minimum atomic E-state index is -1.26. The van der Waals surface area contributed by atoms with Crippen LogP contribution in [0.5, 0.6) is 0 Å². The van der Waals surface area contributed by atoms with E-state index < -0.39 is 23.5 Å². The number of carboxylic acid groups (broad SMARTS) is 1. The topological polar surface area (TPSA) is 119 Å². The molecule has 0 spiro atoms. The summed E-state index contributed by atoms with van der Waals surface area (Å²) in [5.74, 6) is -2.05. The molecule has 0 bridgehead atoms. The number of H-pyrrole nitrogens is 1. The first-order valence-corrected chi connectivity index (χ1v) is 4.88. The highest BCUT2D eigenvalue weighted by Crippen LogP contribution is 1.95. The smallest absolute Gasteiger partial charge is 0.326 e. The van der Waals surface area contributed by atoms with E-state index in [9.17, 15) is 14.4 Å². The number of aliphatic carboxylic acids is 1. The van der Waals surface area contributed by atoms with Crippen LogP contribution in [-0.4, -0.2) is 39.7 Å². The van der Waals surface area contributed by atoms with E-state index in [-0.39, 0.29) is 18.6 Å². The molecular weight excluding hydrogens is 228 g/mol. The largest absolute Gasteiger partial charge is 0.480 e. The van der Waals surface area contributed by atoms with Crippen LogP contribution in [0.4, 0.5) is 0 Å². The van der Waals surface area contributed by atoms with Crippen molar-refractivity contribution in [3.8, 4) is 0 Å². The first-order chi connectivity index (χ1) is 8.06. The summed E-state index contributed by atoms with van der Waals surface area (Å²) >= 11 is 0. The van der Waals surface area contributed by atoms with E-state index in [4.69, 9.17) is 10.2 Å². The van der Waals surface area contributed by atoms with E-state index >= 15 is 0 Å². The van der Waals surface area contributed by atoms with E-state index in [1.807, 2.05) is 0 Å². The molecule has 1 atom stereocenters. The number of rotatable bonds is 5. The molecule has 0 aliphatic carbocycles. The monoisotopic (exact) mass is 240 g/mol. The molecule has 0 fully saturated rings. The van der Waals surface area contributed by atoms with E-state index in [1.165, 1.54) is 18.3 Å². The van der Waals surface area contributed by atoms with Crippen molar-refractivity contribution < 1.29 is 19.8 Å². The molecule has 7 heteroatoms. The first-order valence-electron chi connectivity index (χ1n) is 4.88. The van der Waals surface area contributed by atoms with E-state index in [0.29, 0.717) is 0 Å². The van der Waals surface area contributed by atoms with Crippen LogP contribution < -0.4 is 10.9 Å². The van der Waals surface area contributed by atoms with Gasteiger partial charge in [-0.2, -0.15) is 0 Å². The van der Waals surface area contributed by atoms with Gasteiger partial charge in [0.1, 0.15) is 11.6 Å². The Kier molecular flexibility index (Phi) is 4.41. The molecule has 1 amide bonds. The van der Waals surface area contributed by atoms with E-state index in [1.54, 1.807) is 0 Å². The minimum absolute atomic E-state index is 0.119. The lowest BCUT2D eigenvalue weighted by molar-refractivity contribution is -0.139. The highest BCUT2D eigenvalue weighted by Gasteiger charge is 2.21. The highest BCUT2D eigenvalue weighted by atomic mass is 16.4. The van der Waals surface area contributed by atoms with Crippen molar-refractivity contribution in [3.63, 3.8) is 0 Å². The van der Waals surface area contributed by atoms with Crippen molar-refractivity contribution in [1.82, 2.24) is 10.3 Å². The van der Waals surface area contributed by atoms with Gasteiger partial charge in [0.25, 0.3) is 11.5 Å². The summed E-state index contributed by atoms with van der Waals surface area (Å²) in [4.78, 5) is 35.9. The third kappa shape index (κ3) is 3.42. The van der Waals surface area contributed by atoms with Gasteiger partial charge in [-0.05, 0) is 12.1 Å². The van der Waals surface area contributed by atoms with E-state index in [2.05, 4.69) is 10.3 Å². The van der Waals surface area contributed by atoms with Crippen LogP contribution in [0.2, 0.25) is 0 Å². The van der Waals surface area contributed by atoms with Gasteiger partial charge in [-0.3, -0.25) is 9.59 Å². The number of carbonyl (C=O) groups excluding carboxylic acids is 1. The Bertz CT molecular complexity index is 468. The Morgan fingerprint density at radius 3 is 2.71 bits per heavy atom. The van der Waals surface area contributed by atoms with Gasteiger partial charge in [-0.25, -0.2) is 4.79 Å². The molecule has 0 aliphatic heterocycles. The molecular formula is C10H12N2O5. The number of carbonyl (C=O) groups is 2. The minimum Gasteiger partial charge on any atom is -0.480 e. The normalized spacial score (nSPS) is 11.8. The van der Waals surface area contributed by atoms with Crippen LogP contribution in [0.3, 0.4) is 0 Å². The number of aromatic nitrogens is 1. The third-order valence-corrected chi connectivity index (χ3v) is 2.08. The fraction of sp³-hybridized carbons (Fsp3) is 0.300. The lowest BCUT2D eigenvalue weighted by Gasteiger charge is -2.12. The highest BCUT2D eigenvalue weighted by molar-refractivity contribution is 5.96. The standard InChI is InChI=1S/C10H12N2O5/c13-5-3-7(10(16)17)12-9(15)6-2-1-4-11-8(6)14/h1-2,4,7,13H,3,5H2,(H,11,14)(H,12,15)(H,16,17)/t7-/m1/s1. The number of aliphatic hydroxyl groups excluding tert-OH is 1. The number of carboxylic acids is 1. The molecule has 0 aliphatic rings. The molecule has 0 radical (unpaired) electrons. The lowest BCUT2D eigenvalue weighted by Crippen LogP contribution is -2.42. The summed E-state index contributed by atoms with van der Waals surface area (Å²) in [5, 5.41) is 19.6. The molecule has 1 aromatic heterocycles. The van der Waals surface area contributed by atoms with Crippen molar-refractivity contribution in [1.29, 1.82) is 0 Å². The molecule has 0 unspecified atom stereocenters. The second kappa shape index (κ2) is 5.80. The van der Waals surface area contributed by atoms with Crippen LogP contribution in [0.25, 0.3) is 0 Å². The van der Waals surface area contributed by atoms with Gasteiger partial charge in [0.15, 0.2) is 0 Å². The maximum atomic E-state index is 11.6. The number of hydrogen-bond acceptors (Lipinski definition) is 4. The maximum absolute atomic E-state index is 11.6. The average Bonchev–Trinajstić information content (AvgIpc) is 2.28. The van der Waals surface area contributed by atoms with Gasteiger partial charge in [0.05, 0.1) is 0 Å². The Hall–Kier alpha value is -2.15. The van der Waals surface area contributed by atoms with E-state index in [0.717, 1.165) is 0 Å². The van der Waals surface area contributed by atoms with Crippen LogP contribution in [0, 0.1) is 0 Å². The molecule has 1 heterocycles. The van der Waals surface area contributed by atoms with Crippen molar-refractivity contribution in [2.24, 2.45) is 0 Å². The number of hydrogen-bond donors (Lipinski definition) is 4. The molecule has 92 valence electrons. The zero-order chi connectivity index (χ0) is 12.8. The third-order valence-electron chi connectivity index (χ3n) is 2.08. The fourth-order valence-corrected chi connectivity index (χ4v) is 1.22. The second-order valence-electron chi connectivity index (χ2n) is 3.29. The quantitative estimate of drug-likeness (QED) is 0.523. The predicted molar refractivity (Wildman–Crippen MR) is 57.7 cm³/mol. The van der Waals surface area contributed by atoms with Crippen molar-refractivity contribution >= 4 is 11.9 Å². The zero-order valence-corrected chi connectivity index (χ0v) is 8.84. The molecule has 0 saturated heterocycles.